The lowest BCUT2D eigenvalue weighted by molar-refractivity contribution is 0.0533. The lowest BCUT2D eigenvalue weighted by Gasteiger charge is -2.40. The first-order valence-corrected chi connectivity index (χ1v) is 10.3. The van der Waals surface area contributed by atoms with Crippen LogP contribution in [0.1, 0.15) is 41.5 Å². The first-order chi connectivity index (χ1) is 14.5. The zero-order valence-electron chi connectivity index (χ0n) is 17.6. The second-order valence-corrected chi connectivity index (χ2v) is 7.93. The van der Waals surface area contributed by atoms with E-state index < -0.39 is 0 Å². The number of pyridine rings is 2. The van der Waals surface area contributed by atoms with Gasteiger partial charge in [-0.25, -0.2) is 9.97 Å². The smallest absolute Gasteiger partial charge is 0.275 e. The van der Waals surface area contributed by atoms with Gasteiger partial charge in [0.1, 0.15) is 11.5 Å². The van der Waals surface area contributed by atoms with Crippen LogP contribution < -0.4 is 5.32 Å². The van der Waals surface area contributed by atoms with E-state index in [1.165, 1.54) is 4.80 Å². The van der Waals surface area contributed by atoms with Gasteiger partial charge in [0.15, 0.2) is 5.69 Å². The number of carbonyl (C=O) groups is 1. The summed E-state index contributed by atoms with van der Waals surface area (Å²) in [6, 6.07) is 7.78. The van der Waals surface area contributed by atoms with Crippen LogP contribution in [0, 0.1) is 19.8 Å². The Morgan fingerprint density at radius 2 is 1.97 bits per heavy atom. The highest BCUT2D eigenvalue weighted by molar-refractivity contribution is 5.96. The molecule has 3 aromatic heterocycles. The van der Waals surface area contributed by atoms with E-state index in [2.05, 4.69) is 32.4 Å². The minimum absolute atomic E-state index is 0.0510. The predicted molar refractivity (Wildman–Crippen MR) is 115 cm³/mol. The Labute approximate surface area is 176 Å². The van der Waals surface area contributed by atoms with Crippen LogP contribution in [0.5, 0.6) is 0 Å². The van der Waals surface area contributed by atoms with Crippen LogP contribution in [0.2, 0.25) is 0 Å². The molecule has 3 aromatic rings. The Morgan fingerprint density at radius 3 is 2.70 bits per heavy atom. The first kappa shape index (κ1) is 20.0. The zero-order chi connectivity index (χ0) is 21.1. The molecule has 1 amide bonds. The third kappa shape index (κ3) is 4.17. The molecule has 4 rings (SSSR count). The number of aromatic nitrogens is 5. The number of hydrogen-bond donors (Lipinski definition) is 1. The summed E-state index contributed by atoms with van der Waals surface area (Å²) in [7, 11) is 0. The van der Waals surface area contributed by atoms with Crippen molar-refractivity contribution < 1.29 is 4.79 Å². The highest BCUT2D eigenvalue weighted by Gasteiger charge is 2.34. The third-order valence-electron chi connectivity index (χ3n) is 5.63. The minimum atomic E-state index is -0.0822. The van der Waals surface area contributed by atoms with Crippen molar-refractivity contribution in [2.75, 3.05) is 18.4 Å². The molecular weight excluding hydrogens is 378 g/mol. The second-order valence-electron chi connectivity index (χ2n) is 7.93. The Kier molecular flexibility index (Phi) is 5.74. The Balaban J connectivity index is 1.60. The van der Waals surface area contributed by atoms with Crippen molar-refractivity contribution in [1.82, 2.24) is 29.9 Å². The summed E-state index contributed by atoms with van der Waals surface area (Å²) in [4.78, 5) is 26.0. The molecule has 0 saturated carbocycles. The van der Waals surface area contributed by atoms with E-state index >= 15 is 0 Å². The summed E-state index contributed by atoms with van der Waals surface area (Å²) in [6.45, 7) is 7.45. The number of piperidine rings is 1. The second kappa shape index (κ2) is 8.61. The summed E-state index contributed by atoms with van der Waals surface area (Å²) < 4.78 is 0. The van der Waals surface area contributed by atoms with Gasteiger partial charge in [0.25, 0.3) is 5.91 Å². The number of rotatable bonds is 5. The van der Waals surface area contributed by atoms with Crippen LogP contribution in [0.15, 0.2) is 42.9 Å². The molecule has 1 saturated heterocycles. The number of nitrogens with zero attached hydrogens (tertiary/aromatic N) is 6. The summed E-state index contributed by atoms with van der Waals surface area (Å²) in [6.07, 6.45) is 7.10. The van der Waals surface area contributed by atoms with Crippen LogP contribution in [0.25, 0.3) is 5.69 Å². The monoisotopic (exact) mass is 405 g/mol. The Bertz CT molecular complexity index is 1000. The number of anilines is 1. The molecule has 30 heavy (non-hydrogen) atoms. The van der Waals surface area contributed by atoms with Gasteiger partial charge >= 0.3 is 0 Å². The average molecular weight is 406 g/mol. The van der Waals surface area contributed by atoms with E-state index in [1.807, 2.05) is 49.2 Å². The molecule has 0 aliphatic carbocycles. The number of likely N-dealkylation sites (tertiary alicyclic amines) is 1. The topological polar surface area (TPSA) is 88.8 Å². The lowest BCUT2D eigenvalue weighted by Crippen LogP contribution is -2.51. The predicted octanol–water partition coefficient (Wildman–Crippen LogP) is 3.03. The summed E-state index contributed by atoms with van der Waals surface area (Å²) >= 11 is 0. The average Bonchev–Trinajstić information content (AvgIpc) is 3.28. The van der Waals surface area contributed by atoms with Gasteiger partial charge in [0.05, 0.1) is 18.4 Å². The quantitative estimate of drug-likeness (QED) is 0.702. The van der Waals surface area contributed by atoms with Gasteiger partial charge in [-0.15, -0.1) is 4.80 Å². The highest BCUT2D eigenvalue weighted by Crippen LogP contribution is 2.26. The molecular formula is C22H27N7O. The fourth-order valence-electron chi connectivity index (χ4n) is 3.94. The normalized spacial score (nSPS) is 19.0. The molecule has 8 nitrogen and oxygen atoms in total. The molecule has 0 spiro atoms. The van der Waals surface area contributed by atoms with Crippen LogP contribution in [0.4, 0.5) is 5.82 Å². The fourth-order valence-corrected chi connectivity index (χ4v) is 3.94. The maximum absolute atomic E-state index is 13.6. The molecule has 0 radical (unpaired) electrons. The van der Waals surface area contributed by atoms with Gasteiger partial charge in [0, 0.05) is 25.0 Å². The Morgan fingerprint density at radius 1 is 1.17 bits per heavy atom. The third-order valence-corrected chi connectivity index (χ3v) is 5.63. The van der Waals surface area contributed by atoms with Gasteiger partial charge in [-0.2, -0.15) is 10.2 Å². The number of aryl methyl sites for hydroxylation is 2. The molecule has 2 unspecified atom stereocenters. The number of hydrogen-bond acceptors (Lipinski definition) is 6. The van der Waals surface area contributed by atoms with Crippen molar-refractivity contribution >= 4 is 11.7 Å². The van der Waals surface area contributed by atoms with Crippen molar-refractivity contribution in [2.45, 2.75) is 39.7 Å². The van der Waals surface area contributed by atoms with Gasteiger partial charge in [-0.1, -0.05) is 13.0 Å². The molecule has 4 heterocycles. The molecule has 156 valence electrons. The molecule has 1 fully saturated rings. The zero-order valence-corrected chi connectivity index (χ0v) is 17.6. The van der Waals surface area contributed by atoms with Crippen molar-refractivity contribution in [2.24, 2.45) is 5.92 Å². The van der Waals surface area contributed by atoms with Crippen LogP contribution >= 0.6 is 0 Å². The van der Waals surface area contributed by atoms with E-state index in [4.69, 9.17) is 0 Å². The summed E-state index contributed by atoms with van der Waals surface area (Å²) in [5.41, 5.74) is 2.89. The number of amides is 1. The molecule has 1 aliphatic rings. The van der Waals surface area contributed by atoms with Crippen molar-refractivity contribution in [1.29, 1.82) is 0 Å². The lowest BCUT2D eigenvalue weighted by atomic mass is 9.90. The van der Waals surface area contributed by atoms with Crippen molar-refractivity contribution in [3.63, 3.8) is 0 Å². The number of carbonyl (C=O) groups excluding carboxylic acids is 1. The standard InChI is InChI=1S/C22H27N7O/c1-15-6-9-20(23-13-15)24-14-19-16(2)5-4-12-28(19)22(30)21-18(8-7-17(3)27-21)29-25-10-11-26-29/h6-11,13,16,19H,4-5,12,14H2,1-3H3,(H,23,24). The first-order valence-electron chi connectivity index (χ1n) is 10.3. The van der Waals surface area contributed by atoms with Crippen molar-refractivity contribution in [3.8, 4) is 5.69 Å². The maximum atomic E-state index is 13.6. The van der Waals surface area contributed by atoms with Gasteiger partial charge in [0.2, 0.25) is 0 Å². The number of nitrogens with one attached hydrogen (secondary N) is 1. The van der Waals surface area contributed by atoms with E-state index in [-0.39, 0.29) is 11.9 Å². The van der Waals surface area contributed by atoms with Crippen LogP contribution in [-0.2, 0) is 0 Å². The van der Waals surface area contributed by atoms with Gasteiger partial charge in [-0.05, 0) is 56.4 Å². The molecule has 1 N–H and O–H groups in total. The van der Waals surface area contributed by atoms with Gasteiger partial charge in [-0.3, -0.25) is 4.79 Å². The van der Waals surface area contributed by atoms with E-state index in [0.29, 0.717) is 30.4 Å². The van der Waals surface area contributed by atoms with Gasteiger partial charge < -0.3 is 10.2 Å². The SMILES string of the molecule is Cc1ccc(NCC2C(C)CCCN2C(=O)c2nc(C)ccc2-n2nccn2)nc1. The Hall–Kier alpha value is -3.29. The fraction of sp³-hybridized carbons (Fsp3) is 0.409. The van der Waals surface area contributed by atoms with E-state index in [0.717, 1.165) is 29.9 Å². The van der Waals surface area contributed by atoms with Crippen LogP contribution in [0.3, 0.4) is 0 Å². The van der Waals surface area contributed by atoms with Crippen LogP contribution in [-0.4, -0.2) is 54.9 Å². The molecule has 0 bridgehead atoms. The molecule has 8 heteroatoms. The van der Waals surface area contributed by atoms with Crippen molar-refractivity contribution in [3.05, 3.63) is 59.8 Å². The molecule has 2 atom stereocenters. The summed E-state index contributed by atoms with van der Waals surface area (Å²) in [5, 5.41) is 11.8. The molecule has 1 aliphatic heterocycles. The largest absolute Gasteiger partial charge is 0.368 e. The van der Waals surface area contributed by atoms with E-state index in [1.54, 1.807) is 12.4 Å². The van der Waals surface area contributed by atoms with E-state index in [9.17, 15) is 4.79 Å². The highest BCUT2D eigenvalue weighted by atomic mass is 16.2. The maximum Gasteiger partial charge on any atom is 0.275 e. The minimum Gasteiger partial charge on any atom is -0.368 e. The molecule has 0 aromatic carbocycles. The summed E-state index contributed by atoms with van der Waals surface area (Å²) in [5.74, 6) is 1.11.